The van der Waals surface area contributed by atoms with Crippen molar-refractivity contribution < 1.29 is 14.4 Å². The summed E-state index contributed by atoms with van der Waals surface area (Å²) in [6, 6.07) is 7.23. The Kier molecular flexibility index (Phi) is 4.71. The zero-order chi connectivity index (χ0) is 16.2. The van der Waals surface area contributed by atoms with E-state index in [4.69, 9.17) is 0 Å². The summed E-state index contributed by atoms with van der Waals surface area (Å²) in [6.07, 6.45) is 3.14. The van der Waals surface area contributed by atoms with Crippen LogP contribution in [0.1, 0.15) is 31.2 Å². The Hall–Kier alpha value is -2.21. The van der Waals surface area contributed by atoms with Crippen LogP contribution in [0.5, 0.6) is 0 Å². The SMILES string of the molecule is O=C(CNCC1CC1)Nc1ccc(CN2C(=O)CCC2=O)cc1. The van der Waals surface area contributed by atoms with Crippen LogP contribution < -0.4 is 10.6 Å². The number of benzene rings is 1. The fourth-order valence-corrected chi connectivity index (χ4v) is 2.59. The minimum atomic E-state index is -0.117. The molecule has 2 fully saturated rings. The van der Waals surface area contributed by atoms with Gasteiger partial charge in [0.05, 0.1) is 13.1 Å². The van der Waals surface area contributed by atoms with Crippen molar-refractivity contribution in [3.63, 3.8) is 0 Å². The Bertz CT molecular complexity index is 592. The number of hydrogen-bond donors (Lipinski definition) is 2. The van der Waals surface area contributed by atoms with E-state index >= 15 is 0 Å². The lowest BCUT2D eigenvalue weighted by Crippen LogP contribution is -2.29. The molecule has 0 radical (unpaired) electrons. The predicted octanol–water partition coefficient (Wildman–Crippen LogP) is 1.27. The highest BCUT2D eigenvalue weighted by molar-refractivity contribution is 6.01. The van der Waals surface area contributed by atoms with Crippen LogP contribution in [0.15, 0.2) is 24.3 Å². The van der Waals surface area contributed by atoms with Gasteiger partial charge in [-0.2, -0.15) is 0 Å². The van der Waals surface area contributed by atoms with Crippen LogP contribution in [-0.4, -0.2) is 35.7 Å². The van der Waals surface area contributed by atoms with E-state index < -0.39 is 0 Å². The van der Waals surface area contributed by atoms with E-state index in [0.717, 1.165) is 18.0 Å². The van der Waals surface area contributed by atoms with Crippen LogP contribution in [0.25, 0.3) is 0 Å². The summed E-state index contributed by atoms with van der Waals surface area (Å²) in [5, 5.41) is 5.97. The lowest BCUT2D eigenvalue weighted by Gasteiger charge is -2.14. The maximum absolute atomic E-state index is 11.8. The van der Waals surface area contributed by atoms with E-state index in [-0.39, 0.29) is 17.7 Å². The third kappa shape index (κ3) is 4.39. The Morgan fingerprint density at radius 3 is 2.35 bits per heavy atom. The summed E-state index contributed by atoms with van der Waals surface area (Å²) in [7, 11) is 0. The molecule has 1 aromatic rings. The van der Waals surface area contributed by atoms with Crippen molar-refractivity contribution in [1.29, 1.82) is 0 Å². The van der Waals surface area contributed by atoms with Crippen LogP contribution in [0.2, 0.25) is 0 Å². The molecule has 6 nitrogen and oxygen atoms in total. The second-order valence-corrected chi connectivity index (χ2v) is 6.19. The monoisotopic (exact) mass is 315 g/mol. The standard InChI is InChI=1S/C17H21N3O3/c21-15(10-18-9-12-1-2-12)19-14-5-3-13(4-6-14)11-20-16(22)7-8-17(20)23/h3-6,12,18H,1-2,7-11H2,(H,19,21). The summed E-state index contributed by atoms with van der Waals surface area (Å²) in [5.74, 6) is 0.449. The van der Waals surface area contributed by atoms with Gasteiger partial charge in [-0.1, -0.05) is 12.1 Å². The Balaban J connectivity index is 1.47. The van der Waals surface area contributed by atoms with Crippen molar-refractivity contribution >= 4 is 23.4 Å². The Morgan fingerprint density at radius 2 is 1.74 bits per heavy atom. The number of anilines is 1. The van der Waals surface area contributed by atoms with Crippen LogP contribution in [0.4, 0.5) is 5.69 Å². The van der Waals surface area contributed by atoms with E-state index in [1.807, 2.05) is 12.1 Å². The predicted molar refractivity (Wildman–Crippen MR) is 85.5 cm³/mol. The summed E-state index contributed by atoms with van der Waals surface area (Å²) in [5.41, 5.74) is 1.59. The lowest BCUT2D eigenvalue weighted by molar-refractivity contribution is -0.139. The summed E-state index contributed by atoms with van der Waals surface area (Å²) in [6.45, 7) is 1.52. The van der Waals surface area contributed by atoms with E-state index in [1.165, 1.54) is 17.7 Å². The van der Waals surface area contributed by atoms with Crippen molar-refractivity contribution in [1.82, 2.24) is 10.2 Å². The molecule has 1 saturated heterocycles. The molecule has 1 aliphatic carbocycles. The first-order chi connectivity index (χ1) is 11.1. The first kappa shape index (κ1) is 15.7. The molecule has 0 aromatic heterocycles. The fraction of sp³-hybridized carbons (Fsp3) is 0.471. The first-order valence-electron chi connectivity index (χ1n) is 8.04. The van der Waals surface area contributed by atoms with Crippen LogP contribution in [-0.2, 0) is 20.9 Å². The van der Waals surface area contributed by atoms with E-state index in [2.05, 4.69) is 10.6 Å². The number of imide groups is 1. The number of hydrogen-bond acceptors (Lipinski definition) is 4. The van der Waals surface area contributed by atoms with Crippen molar-refractivity contribution in [3.05, 3.63) is 29.8 Å². The number of nitrogens with one attached hydrogen (secondary N) is 2. The zero-order valence-electron chi connectivity index (χ0n) is 13.0. The van der Waals surface area contributed by atoms with Crippen LogP contribution in [0.3, 0.4) is 0 Å². The lowest BCUT2D eigenvalue weighted by atomic mass is 10.2. The molecule has 0 spiro atoms. The van der Waals surface area contributed by atoms with Crippen molar-refractivity contribution in [2.24, 2.45) is 5.92 Å². The van der Waals surface area contributed by atoms with E-state index in [9.17, 15) is 14.4 Å². The minimum Gasteiger partial charge on any atom is -0.325 e. The molecule has 1 heterocycles. The molecule has 2 aliphatic rings. The molecule has 2 N–H and O–H groups in total. The Labute approximate surface area is 135 Å². The van der Waals surface area contributed by atoms with Gasteiger partial charge in [0.15, 0.2) is 0 Å². The van der Waals surface area contributed by atoms with E-state index in [0.29, 0.717) is 31.6 Å². The maximum Gasteiger partial charge on any atom is 0.238 e. The van der Waals surface area contributed by atoms with Crippen molar-refractivity contribution in [2.45, 2.75) is 32.2 Å². The number of carbonyl (C=O) groups is 3. The largest absolute Gasteiger partial charge is 0.325 e. The van der Waals surface area contributed by atoms with Gasteiger partial charge in [-0.3, -0.25) is 19.3 Å². The van der Waals surface area contributed by atoms with Gasteiger partial charge in [-0.15, -0.1) is 0 Å². The summed E-state index contributed by atoms with van der Waals surface area (Å²) < 4.78 is 0. The highest BCUT2D eigenvalue weighted by atomic mass is 16.2. The molecule has 3 amide bonds. The number of carbonyl (C=O) groups excluding carboxylic acids is 3. The molecule has 1 aromatic carbocycles. The van der Waals surface area contributed by atoms with Crippen molar-refractivity contribution in [2.75, 3.05) is 18.4 Å². The molecular weight excluding hydrogens is 294 g/mol. The molecule has 1 aliphatic heterocycles. The second kappa shape index (κ2) is 6.91. The molecule has 0 unspecified atom stereocenters. The molecule has 1 saturated carbocycles. The first-order valence-corrected chi connectivity index (χ1v) is 8.04. The smallest absolute Gasteiger partial charge is 0.238 e. The number of rotatable bonds is 7. The van der Waals surface area contributed by atoms with Gasteiger partial charge in [-0.05, 0) is 43.0 Å². The molecular formula is C17H21N3O3. The molecule has 6 heteroatoms. The number of amides is 3. The average Bonchev–Trinajstić information content (AvgIpc) is 3.30. The van der Waals surface area contributed by atoms with Crippen LogP contribution in [0, 0.1) is 5.92 Å². The Morgan fingerprint density at radius 1 is 1.09 bits per heavy atom. The third-order valence-electron chi connectivity index (χ3n) is 4.15. The van der Waals surface area contributed by atoms with Gasteiger partial charge in [0.1, 0.15) is 0 Å². The minimum absolute atomic E-state index is 0.0664. The summed E-state index contributed by atoms with van der Waals surface area (Å²) >= 11 is 0. The summed E-state index contributed by atoms with van der Waals surface area (Å²) in [4.78, 5) is 36.3. The zero-order valence-corrected chi connectivity index (χ0v) is 13.0. The molecule has 0 atom stereocenters. The van der Waals surface area contributed by atoms with Gasteiger partial charge < -0.3 is 10.6 Å². The number of nitrogens with zero attached hydrogens (tertiary/aromatic N) is 1. The third-order valence-corrected chi connectivity index (χ3v) is 4.15. The van der Waals surface area contributed by atoms with Gasteiger partial charge in [0.2, 0.25) is 17.7 Å². The average molecular weight is 315 g/mol. The highest BCUT2D eigenvalue weighted by Crippen LogP contribution is 2.27. The van der Waals surface area contributed by atoms with E-state index in [1.54, 1.807) is 12.1 Å². The maximum atomic E-state index is 11.8. The second-order valence-electron chi connectivity index (χ2n) is 6.19. The quantitative estimate of drug-likeness (QED) is 0.743. The van der Waals surface area contributed by atoms with Crippen LogP contribution >= 0.6 is 0 Å². The van der Waals surface area contributed by atoms with Gasteiger partial charge in [0, 0.05) is 18.5 Å². The molecule has 0 bridgehead atoms. The van der Waals surface area contributed by atoms with Gasteiger partial charge in [-0.25, -0.2) is 0 Å². The molecule has 23 heavy (non-hydrogen) atoms. The number of likely N-dealkylation sites (tertiary alicyclic amines) is 1. The highest BCUT2D eigenvalue weighted by Gasteiger charge is 2.28. The molecule has 3 rings (SSSR count). The fourth-order valence-electron chi connectivity index (χ4n) is 2.59. The topological polar surface area (TPSA) is 78.5 Å². The van der Waals surface area contributed by atoms with Gasteiger partial charge in [0.25, 0.3) is 0 Å². The van der Waals surface area contributed by atoms with Gasteiger partial charge >= 0.3 is 0 Å². The normalized spacial score (nSPS) is 17.7. The van der Waals surface area contributed by atoms with Crippen molar-refractivity contribution in [3.8, 4) is 0 Å². The molecule has 122 valence electrons.